The number of hydrogen-bond donors (Lipinski definition) is 1. The van der Waals surface area contributed by atoms with Crippen molar-refractivity contribution in [2.45, 2.75) is 26.4 Å². The molecule has 0 saturated carbocycles. The number of nitrogens with zero attached hydrogens (tertiary/aromatic N) is 4. The standard InChI is InChI=1S/C10H13N5OS/c1-7-12-8(6-17-7)2-10(16)5-15-4-9(3-11)13-14-15/h4,6H,2-3,5,11H2,1H3. The second kappa shape index (κ2) is 5.15. The van der Waals surface area contributed by atoms with Crippen LogP contribution in [0, 0.1) is 6.92 Å². The highest BCUT2D eigenvalue weighted by molar-refractivity contribution is 7.09. The summed E-state index contributed by atoms with van der Waals surface area (Å²) < 4.78 is 1.50. The summed E-state index contributed by atoms with van der Waals surface area (Å²) in [5, 5.41) is 10.5. The van der Waals surface area contributed by atoms with Crippen LogP contribution in [-0.4, -0.2) is 25.8 Å². The summed E-state index contributed by atoms with van der Waals surface area (Å²) in [5.74, 6) is 0.0590. The van der Waals surface area contributed by atoms with Gasteiger partial charge in [-0.05, 0) is 6.92 Å². The van der Waals surface area contributed by atoms with Gasteiger partial charge in [0.2, 0.25) is 0 Å². The smallest absolute Gasteiger partial charge is 0.160 e. The van der Waals surface area contributed by atoms with Crippen molar-refractivity contribution in [3.05, 3.63) is 28.0 Å². The Morgan fingerprint density at radius 1 is 1.53 bits per heavy atom. The Hall–Kier alpha value is -1.60. The van der Waals surface area contributed by atoms with Crippen LogP contribution >= 0.6 is 11.3 Å². The molecule has 0 aliphatic rings. The van der Waals surface area contributed by atoms with Crippen molar-refractivity contribution >= 4 is 17.1 Å². The summed E-state index contributed by atoms with van der Waals surface area (Å²) in [4.78, 5) is 16.0. The minimum absolute atomic E-state index is 0.0590. The maximum atomic E-state index is 11.7. The van der Waals surface area contributed by atoms with Gasteiger partial charge in [-0.15, -0.1) is 16.4 Å². The van der Waals surface area contributed by atoms with E-state index in [0.717, 1.165) is 10.7 Å². The van der Waals surface area contributed by atoms with Crippen molar-refractivity contribution in [2.75, 3.05) is 0 Å². The molecule has 0 aliphatic carbocycles. The number of carbonyl (C=O) groups is 1. The quantitative estimate of drug-likeness (QED) is 0.826. The third-order valence-electron chi connectivity index (χ3n) is 2.18. The van der Waals surface area contributed by atoms with Crippen molar-refractivity contribution < 1.29 is 4.79 Å². The summed E-state index contributed by atoms with van der Waals surface area (Å²) in [6.07, 6.45) is 2.02. The summed E-state index contributed by atoms with van der Waals surface area (Å²) in [7, 11) is 0. The van der Waals surface area contributed by atoms with Gasteiger partial charge in [-0.1, -0.05) is 5.21 Å². The van der Waals surface area contributed by atoms with Gasteiger partial charge in [0.15, 0.2) is 5.78 Å². The Balaban J connectivity index is 1.93. The summed E-state index contributed by atoms with van der Waals surface area (Å²) in [6.45, 7) is 2.46. The molecule has 0 aliphatic heterocycles. The molecule has 0 radical (unpaired) electrons. The summed E-state index contributed by atoms with van der Waals surface area (Å²) in [6, 6.07) is 0. The van der Waals surface area contributed by atoms with Crippen LogP contribution in [0.2, 0.25) is 0 Å². The first kappa shape index (κ1) is 11.9. The van der Waals surface area contributed by atoms with Crippen molar-refractivity contribution in [1.29, 1.82) is 0 Å². The third kappa shape index (κ3) is 3.18. The van der Waals surface area contributed by atoms with Gasteiger partial charge in [-0.3, -0.25) is 4.79 Å². The number of hydrogen-bond acceptors (Lipinski definition) is 6. The molecule has 2 N–H and O–H groups in total. The van der Waals surface area contributed by atoms with Gasteiger partial charge in [0.05, 0.1) is 29.0 Å². The van der Waals surface area contributed by atoms with E-state index in [9.17, 15) is 4.79 Å². The molecule has 2 heterocycles. The third-order valence-corrected chi connectivity index (χ3v) is 3.00. The fourth-order valence-electron chi connectivity index (χ4n) is 1.44. The molecule has 6 nitrogen and oxygen atoms in total. The lowest BCUT2D eigenvalue weighted by molar-refractivity contribution is -0.119. The van der Waals surface area contributed by atoms with Gasteiger partial charge in [0, 0.05) is 11.9 Å². The Kier molecular flexibility index (Phi) is 3.60. The van der Waals surface area contributed by atoms with E-state index in [2.05, 4.69) is 15.3 Å². The van der Waals surface area contributed by atoms with E-state index in [4.69, 9.17) is 5.73 Å². The molecule has 0 spiro atoms. The van der Waals surface area contributed by atoms with Gasteiger partial charge in [-0.25, -0.2) is 9.67 Å². The summed E-state index contributed by atoms with van der Waals surface area (Å²) in [5.41, 5.74) is 6.91. The van der Waals surface area contributed by atoms with Crippen LogP contribution in [0.1, 0.15) is 16.4 Å². The zero-order chi connectivity index (χ0) is 12.3. The van der Waals surface area contributed by atoms with Gasteiger partial charge in [-0.2, -0.15) is 0 Å². The highest BCUT2D eigenvalue weighted by atomic mass is 32.1. The zero-order valence-corrected chi connectivity index (χ0v) is 10.3. The molecule has 2 aromatic heterocycles. The molecule has 0 unspecified atom stereocenters. The van der Waals surface area contributed by atoms with Crippen LogP contribution in [0.4, 0.5) is 0 Å². The predicted molar refractivity (Wildman–Crippen MR) is 63.5 cm³/mol. The zero-order valence-electron chi connectivity index (χ0n) is 9.46. The molecule has 17 heavy (non-hydrogen) atoms. The SMILES string of the molecule is Cc1nc(CC(=O)Cn2cc(CN)nn2)cs1. The number of aryl methyl sites for hydroxylation is 1. The molecular formula is C10H13N5OS. The first-order valence-electron chi connectivity index (χ1n) is 5.19. The number of thiazole rings is 1. The normalized spacial score (nSPS) is 10.7. The number of rotatable bonds is 5. The average Bonchev–Trinajstić information content (AvgIpc) is 2.88. The van der Waals surface area contributed by atoms with E-state index >= 15 is 0 Å². The fraction of sp³-hybridized carbons (Fsp3) is 0.400. The van der Waals surface area contributed by atoms with Crippen LogP contribution in [0.5, 0.6) is 0 Å². The molecule has 0 bridgehead atoms. The van der Waals surface area contributed by atoms with Crippen molar-refractivity contribution in [3.8, 4) is 0 Å². The number of nitrogens with two attached hydrogens (primary N) is 1. The molecule has 0 saturated heterocycles. The lowest BCUT2D eigenvalue weighted by Gasteiger charge is -1.97. The largest absolute Gasteiger partial charge is 0.325 e. The van der Waals surface area contributed by atoms with E-state index in [-0.39, 0.29) is 12.3 Å². The minimum atomic E-state index is 0.0590. The molecular weight excluding hydrogens is 238 g/mol. The van der Waals surface area contributed by atoms with Crippen LogP contribution < -0.4 is 5.73 Å². The van der Waals surface area contributed by atoms with Crippen LogP contribution in [0.15, 0.2) is 11.6 Å². The van der Waals surface area contributed by atoms with E-state index in [1.165, 1.54) is 4.68 Å². The molecule has 0 amide bonds. The molecule has 0 fully saturated rings. The Bertz CT molecular complexity index is 518. The topological polar surface area (TPSA) is 86.7 Å². The predicted octanol–water partition coefficient (Wildman–Crippen LogP) is 0.314. The van der Waals surface area contributed by atoms with Crippen molar-refractivity contribution in [1.82, 2.24) is 20.0 Å². The van der Waals surface area contributed by atoms with Crippen LogP contribution in [-0.2, 0) is 24.3 Å². The van der Waals surface area contributed by atoms with Gasteiger partial charge >= 0.3 is 0 Å². The van der Waals surface area contributed by atoms with Gasteiger partial charge < -0.3 is 5.73 Å². The van der Waals surface area contributed by atoms with Crippen molar-refractivity contribution in [3.63, 3.8) is 0 Å². The molecule has 2 aromatic rings. The highest BCUT2D eigenvalue weighted by Crippen LogP contribution is 2.08. The molecule has 7 heteroatoms. The lowest BCUT2D eigenvalue weighted by atomic mass is 10.2. The molecule has 2 rings (SSSR count). The second-order valence-corrected chi connectivity index (χ2v) is 4.75. The molecule has 0 atom stereocenters. The second-order valence-electron chi connectivity index (χ2n) is 3.68. The number of ketones is 1. The highest BCUT2D eigenvalue weighted by Gasteiger charge is 2.08. The average molecular weight is 251 g/mol. The number of aromatic nitrogens is 4. The van der Waals surface area contributed by atoms with Crippen molar-refractivity contribution in [2.24, 2.45) is 5.73 Å². The first-order chi connectivity index (χ1) is 8.17. The van der Waals surface area contributed by atoms with Gasteiger partial charge in [0.1, 0.15) is 6.54 Å². The van der Waals surface area contributed by atoms with E-state index < -0.39 is 0 Å². The maximum absolute atomic E-state index is 11.7. The Morgan fingerprint density at radius 2 is 2.35 bits per heavy atom. The number of carbonyl (C=O) groups excluding carboxylic acids is 1. The van der Waals surface area contributed by atoms with Crippen LogP contribution in [0.25, 0.3) is 0 Å². The van der Waals surface area contributed by atoms with E-state index in [1.54, 1.807) is 17.5 Å². The van der Waals surface area contributed by atoms with Crippen LogP contribution in [0.3, 0.4) is 0 Å². The number of Topliss-reactive ketones (excluding diaryl/α,β-unsaturated/α-hetero) is 1. The first-order valence-corrected chi connectivity index (χ1v) is 6.07. The van der Waals surface area contributed by atoms with E-state index in [0.29, 0.717) is 18.7 Å². The molecule has 0 aromatic carbocycles. The molecule has 90 valence electrons. The lowest BCUT2D eigenvalue weighted by Crippen LogP contribution is -2.13. The summed E-state index contributed by atoms with van der Waals surface area (Å²) >= 11 is 1.55. The van der Waals surface area contributed by atoms with Gasteiger partial charge in [0.25, 0.3) is 0 Å². The monoisotopic (exact) mass is 251 g/mol. The Morgan fingerprint density at radius 3 is 2.94 bits per heavy atom. The fourth-order valence-corrected chi connectivity index (χ4v) is 2.05. The minimum Gasteiger partial charge on any atom is -0.325 e. The van der Waals surface area contributed by atoms with E-state index in [1.807, 2.05) is 12.3 Å². The Labute approximate surface area is 102 Å². The maximum Gasteiger partial charge on any atom is 0.160 e.